The largest absolute Gasteiger partial charge is 0.338 e. The number of nitrogens with one attached hydrogen (secondary N) is 1. The van der Waals surface area contributed by atoms with Gasteiger partial charge in [0.2, 0.25) is 5.89 Å². The smallest absolute Gasteiger partial charge is 0.257 e. The molecular formula is C15H20N6O2. The van der Waals surface area contributed by atoms with Gasteiger partial charge in [0.15, 0.2) is 5.82 Å². The second kappa shape index (κ2) is 5.45. The maximum atomic E-state index is 12.7. The molecule has 3 heterocycles. The monoisotopic (exact) mass is 316 g/mol. The third-order valence-electron chi connectivity index (χ3n) is 4.68. The first-order valence-electron chi connectivity index (χ1n) is 7.96. The van der Waals surface area contributed by atoms with Gasteiger partial charge in [-0.2, -0.15) is 10.1 Å². The maximum Gasteiger partial charge on any atom is 0.257 e. The molecule has 2 aromatic heterocycles. The number of aromatic amines is 1. The number of nitrogens with zero attached hydrogens (tertiary/aromatic N) is 5. The first-order valence-corrected chi connectivity index (χ1v) is 7.96. The Morgan fingerprint density at radius 3 is 2.91 bits per heavy atom. The Labute approximate surface area is 133 Å². The van der Waals surface area contributed by atoms with E-state index < -0.39 is 0 Å². The van der Waals surface area contributed by atoms with E-state index in [0.29, 0.717) is 30.5 Å². The number of amides is 1. The molecule has 0 bridgehead atoms. The summed E-state index contributed by atoms with van der Waals surface area (Å²) in [7, 11) is 2.02. The molecule has 1 aliphatic carbocycles. The zero-order valence-corrected chi connectivity index (χ0v) is 13.3. The number of rotatable bonds is 3. The predicted octanol–water partition coefficient (Wildman–Crippen LogP) is 1.11. The molecule has 1 amide bonds. The lowest BCUT2D eigenvalue weighted by molar-refractivity contribution is 0.0488. The van der Waals surface area contributed by atoms with E-state index in [-0.39, 0.29) is 11.9 Å². The molecule has 1 atom stereocenters. The fourth-order valence-corrected chi connectivity index (χ4v) is 2.95. The van der Waals surface area contributed by atoms with Crippen molar-refractivity contribution in [2.24, 2.45) is 0 Å². The zero-order valence-electron chi connectivity index (χ0n) is 13.3. The van der Waals surface area contributed by atoms with E-state index in [0.717, 1.165) is 30.9 Å². The summed E-state index contributed by atoms with van der Waals surface area (Å²) < 4.78 is 5.46. The van der Waals surface area contributed by atoms with Crippen molar-refractivity contribution in [3.63, 3.8) is 0 Å². The van der Waals surface area contributed by atoms with Crippen LogP contribution in [0, 0.1) is 6.92 Å². The van der Waals surface area contributed by atoms with Gasteiger partial charge < -0.3 is 9.42 Å². The molecule has 23 heavy (non-hydrogen) atoms. The van der Waals surface area contributed by atoms with Crippen molar-refractivity contribution >= 4 is 5.91 Å². The molecule has 0 aromatic carbocycles. The van der Waals surface area contributed by atoms with Crippen molar-refractivity contribution in [3.8, 4) is 0 Å². The molecule has 1 saturated carbocycles. The third-order valence-corrected chi connectivity index (χ3v) is 4.68. The number of carbonyl (C=O) groups is 1. The minimum atomic E-state index is -0.0556. The van der Waals surface area contributed by atoms with Crippen LogP contribution in [-0.2, 0) is 0 Å². The van der Waals surface area contributed by atoms with Gasteiger partial charge in [0.25, 0.3) is 5.91 Å². The SMILES string of the molecule is Cc1[nH]ncc1C(=O)N1CCN(C)[C@@H](c2nc(C3CC3)no2)C1. The highest BCUT2D eigenvalue weighted by molar-refractivity contribution is 5.95. The van der Waals surface area contributed by atoms with Crippen molar-refractivity contribution in [2.75, 3.05) is 26.7 Å². The van der Waals surface area contributed by atoms with E-state index in [2.05, 4.69) is 25.2 Å². The average molecular weight is 316 g/mol. The topological polar surface area (TPSA) is 91.2 Å². The normalized spacial score (nSPS) is 22.5. The summed E-state index contributed by atoms with van der Waals surface area (Å²) in [6.45, 7) is 3.86. The molecule has 2 aliphatic rings. The Balaban J connectivity index is 1.53. The second-order valence-corrected chi connectivity index (χ2v) is 6.42. The van der Waals surface area contributed by atoms with Crippen molar-refractivity contribution in [3.05, 3.63) is 29.2 Å². The average Bonchev–Trinajstić information content (AvgIpc) is 3.12. The van der Waals surface area contributed by atoms with Crippen LogP contribution in [0.15, 0.2) is 10.7 Å². The highest BCUT2D eigenvalue weighted by Crippen LogP contribution is 2.38. The van der Waals surface area contributed by atoms with Crippen LogP contribution in [0.1, 0.15) is 52.6 Å². The van der Waals surface area contributed by atoms with Crippen LogP contribution in [0.25, 0.3) is 0 Å². The van der Waals surface area contributed by atoms with Crippen LogP contribution in [0.2, 0.25) is 0 Å². The number of H-pyrrole nitrogens is 1. The number of likely N-dealkylation sites (N-methyl/N-ethyl adjacent to an activating group) is 1. The summed E-state index contributed by atoms with van der Waals surface area (Å²) in [6.07, 6.45) is 3.87. The van der Waals surface area contributed by atoms with Gasteiger partial charge in [0.1, 0.15) is 6.04 Å². The van der Waals surface area contributed by atoms with Crippen molar-refractivity contribution in [1.29, 1.82) is 0 Å². The number of piperazine rings is 1. The van der Waals surface area contributed by atoms with Crippen molar-refractivity contribution in [2.45, 2.75) is 31.7 Å². The van der Waals surface area contributed by atoms with Crippen LogP contribution < -0.4 is 0 Å². The molecular weight excluding hydrogens is 296 g/mol. The van der Waals surface area contributed by atoms with Crippen LogP contribution in [0.4, 0.5) is 0 Å². The summed E-state index contributed by atoms with van der Waals surface area (Å²) >= 11 is 0. The third kappa shape index (κ3) is 2.63. The quantitative estimate of drug-likeness (QED) is 0.912. The highest BCUT2D eigenvalue weighted by Gasteiger charge is 2.35. The van der Waals surface area contributed by atoms with Crippen molar-refractivity contribution < 1.29 is 9.32 Å². The molecule has 4 rings (SSSR count). The first kappa shape index (κ1) is 14.4. The van der Waals surface area contributed by atoms with Gasteiger partial charge in [-0.15, -0.1) is 0 Å². The van der Waals surface area contributed by atoms with Crippen LogP contribution in [0.3, 0.4) is 0 Å². The van der Waals surface area contributed by atoms with Gasteiger partial charge in [-0.05, 0) is 26.8 Å². The summed E-state index contributed by atoms with van der Waals surface area (Å²) in [4.78, 5) is 21.2. The maximum absolute atomic E-state index is 12.7. The van der Waals surface area contributed by atoms with Crippen LogP contribution >= 0.6 is 0 Å². The number of hydrogen-bond donors (Lipinski definition) is 1. The lowest BCUT2D eigenvalue weighted by Gasteiger charge is -2.37. The summed E-state index contributed by atoms with van der Waals surface area (Å²) in [5.74, 6) is 1.88. The molecule has 2 aromatic rings. The van der Waals surface area contributed by atoms with E-state index in [1.165, 1.54) is 0 Å². The van der Waals surface area contributed by atoms with Crippen LogP contribution in [-0.4, -0.2) is 62.7 Å². The first-order chi connectivity index (χ1) is 11.1. The molecule has 0 spiro atoms. The lowest BCUT2D eigenvalue weighted by atomic mass is 10.1. The van der Waals surface area contributed by atoms with E-state index in [1.807, 2.05) is 18.9 Å². The molecule has 122 valence electrons. The Kier molecular flexibility index (Phi) is 3.41. The van der Waals surface area contributed by atoms with E-state index in [9.17, 15) is 4.79 Å². The van der Waals surface area contributed by atoms with E-state index in [1.54, 1.807) is 6.20 Å². The predicted molar refractivity (Wildman–Crippen MR) is 80.9 cm³/mol. The standard InChI is InChI=1S/C15H20N6O2/c1-9-11(7-16-18-9)15(22)21-6-5-20(2)12(8-21)14-17-13(19-23-14)10-3-4-10/h7,10,12H,3-6,8H2,1-2H3,(H,16,18)/t12-/m1/s1. The number of aryl methyl sites for hydroxylation is 1. The fourth-order valence-electron chi connectivity index (χ4n) is 2.95. The molecule has 1 saturated heterocycles. The molecule has 1 N–H and O–H groups in total. The Morgan fingerprint density at radius 1 is 1.39 bits per heavy atom. The molecule has 0 unspecified atom stereocenters. The minimum Gasteiger partial charge on any atom is -0.338 e. The van der Waals surface area contributed by atoms with Gasteiger partial charge in [-0.25, -0.2) is 0 Å². The Hall–Kier alpha value is -2.22. The Bertz CT molecular complexity index is 719. The number of hydrogen-bond acceptors (Lipinski definition) is 6. The van der Waals surface area contributed by atoms with Gasteiger partial charge >= 0.3 is 0 Å². The summed E-state index contributed by atoms with van der Waals surface area (Å²) in [5, 5.41) is 10.8. The second-order valence-electron chi connectivity index (χ2n) is 6.42. The Morgan fingerprint density at radius 2 is 2.22 bits per heavy atom. The van der Waals surface area contributed by atoms with Gasteiger partial charge in [-0.1, -0.05) is 5.16 Å². The van der Waals surface area contributed by atoms with E-state index >= 15 is 0 Å². The summed E-state index contributed by atoms with van der Waals surface area (Å²) in [6, 6.07) is -0.0556. The van der Waals surface area contributed by atoms with Crippen LogP contribution in [0.5, 0.6) is 0 Å². The van der Waals surface area contributed by atoms with Gasteiger partial charge in [0.05, 0.1) is 11.8 Å². The molecule has 8 nitrogen and oxygen atoms in total. The molecule has 2 fully saturated rings. The minimum absolute atomic E-state index is 0.00344. The lowest BCUT2D eigenvalue weighted by Crippen LogP contribution is -2.49. The zero-order chi connectivity index (χ0) is 16.0. The molecule has 8 heteroatoms. The van der Waals surface area contributed by atoms with Crippen molar-refractivity contribution in [1.82, 2.24) is 30.1 Å². The molecule has 1 aliphatic heterocycles. The number of carbonyl (C=O) groups excluding carboxylic acids is 1. The highest BCUT2D eigenvalue weighted by atomic mass is 16.5. The van der Waals surface area contributed by atoms with Gasteiger partial charge in [-0.3, -0.25) is 14.8 Å². The van der Waals surface area contributed by atoms with Gasteiger partial charge in [0, 0.05) is 31.2 Å². The summed E-state index contributed by atoms with van der Waals surface area (Å²) in [5.41, 5.74) is 1.41. The van der Waals surface area contributed by atoms with E-state index in [4.69, 9.17) is 4.52 Å². The fraction of sp³-hybridized carbons (Fsp3) is 0.600. The number of aromatic nitrogens is 4. The molecule has 0 radical (unpaired) electrons.